The summed E-state index contributed by atoms with van der Waals surface area (Å²) in [5.41, 5.74) is 1.50. The van der Waals surface area contributed by atoms with E-state index in [4.69, 9.17) is 4.74 Å². The first-order chi connectivity index (χ1) is 12.4. The molecule has 1 aliphatic rings. The second-order valence-corrected chi connectivity index (χ2v) is 7.39. The maximum atomic E-state index is 12.5. The van der Waals surface area contributed by atoms with E-state index >= 15 is 0 Å². The predicted octanol–water partition coefficient (Wildman–Crippen LogP) is 1.61. The number of rotatable bonds is 4. The number of benzene rings is 2. The zero-order valence-corrected chi connectivity index (χ0v) is 14.2. The number of hydrogen-bond acceptors (Lipinski definition) is 5. The third kappa shape index (κ3) is 2.90. The molecule has 0 radical (unpaired) electrons. The van der Waals surface area contributed by atoms with E-state index in [1.807, 2.05) is 0 Å². The first-order valence-electron chi connectivity index (χ1n) is 7.72. The van der Waals surface area contributed by atoms with E-state index in [1.165, 1.54) is 23.1 Å². The number of fused-ring (bicyclic) bond motifs is 1. The molecule has 2 heterocycles. The number of amides is 1. The maximum absolute atomic E-state index is 12.5. The highest BCUT2D eigenvalue weighted by Crippen LogP contribution is 2.23. The van der Waals surface area contributed by atoms with E-state index in [1.54, 1.807) is 24.3 Å². The molecule has 0 saturated carbocycles. The fraction of sp³-hybridized carbons (Fsp3) is 0.125. The van der Waals surface area contributed by atoms with Gasteiger partial charge in [0, 0.05) is 11.4 Å². The van der Waals surface area contributed by atoms with Gasteiger partial charge in [-0.25, -0.2) is 18.0 Å². The molecule has 3 aromatic rings. The van der Waals surface area contributed by atoms with E-state index in [0.29, 0.717) is 35.6 Å². The number of nitrogens with one attached hydrogen (secondary N) is 3. The Labute approximate surface area is 147 Å². The first kappa shape index (κ1) is 16.2. The lowest BCUT2D eigenvalue weighted by Gasteiger charge is -2.14. The van der Waals surface area contributed by atoms with Gasteiger partial charge in [-0.1, -0.05) is 0 Å². The largest absolute Gasteiger partial charge is 0.447 e. The molecule has 10 heteroatoms. The van der Waals surface area contributed by atoms with Crippen molar-refractivity contribution in [3.8, 4) is 0 Å². The van der Waals surface area contributed by atoms with E-state index in [-0.39, 0.29) is 4.90 Å². The lowest BCUT2D eigenvalue weighted by molar-refractivity contribution is 0.181. The lowest BCUT2D eigenvalue weighted by Crippen LogP contribution is -2.23. The summed E-state index contributed by atoms with van der Waals surface area (Å²) in [6.07, 6.45) is -0.424. The minimum atomic E-state index is -3.83. The Morgan fingerprint density at radius 1 is 1.00 bits per heavy atom. The number of H-pyrrole nitrogens is 2. The minimum Gasteiger partial charge on any atom is -0.447 e. The van der Waals surface area contributed by atoms with Crippen LogP contribution in [-0.2, 0) is 14.8 Å². The second kappa shape index (κ2) is 5.92. The van der Waals surface area contributed by atoms with E-state index in [9.17, 15) is 18.0 Å². The van der Waals surface area contributed by atoms with Gasteiger partial charge in [-0.3, -0.25) is 9.62 Å². The molecule has 9 nitrogen and oxygen atoms in total. The molecular weight excluding hydrogens is 360 g/mol. The van der Waals surface area contributed by atoms with Crippen molar-refractivity contribution in [2.45, 2.75) is 4.90 Å². The van der Waals surface area contributed by atoms with Crippen molar-refractivity contribution in [3.63, 3.8) is 0 Å². The highest BCUT2D eigenvalue weighted by molar-refractivity contribution is 7.92. The molecule has 1 amide bonds. The van der Waals surface area contributed by atoms with Crippen LogP contribution < -0.4 is 15.3 Å². The standard InChI is InChI=1S/C16H14N4O5S/c21-15-17-13-6-5-12(9-14(13)18-15)26(23,24)19-10-1-3-11(4-2-10)20-7-8-25-16(20)22/h1-6,9,19H,7-8H2,(H2,17,18,21). The summed E-state index contributed by atoms with van der Waals surface area (Å²) in [7, 11) is -3.83. The molecule has 0 unspecified atom stereocenters. The van der Waals surface area contributed by atoms with Gasteiger partial charge >= 0.3 is 11.8 Å². The molecule has 3 N–H and O–H groups in total. The smallest absolute Gasteiger partial charge is 0.414 e. The predicted molar refractivity (Wildman–Crippen MR) is 94.9 cm³/mol. The number of sulfonamides is 1. The van der Waals surface area contributed by atoms with Gasteiger partial charge in [0.05, 0.1) is 22.5 Å². The van der Waals surface area contributed by atoms with Crippen LogP contribution in [0.4, 0.5) is 16.2 Å². The number of anilines is 2. The topological polar surface area (TPSA) is 124 Å². The van der Waals surface area contributed by atoms with E-state index in [2.05, 4.69) is 14.7 Å². The third-order valence-electron chi connectivity index (χ3n) is 3.99. The molecule has 1 saturated heterocycles. The van der Waals surface area contributed by atoms with Gasteiger partial charge in [0.1, 0.15) is 6.61 Å². The van der Waals surface area contributed by atoms with Crippen LogP contribution in [0.5, 0.6) is 0 Å². The molecule has 1 fully saturated rings. The Morgan fingerprint density at radius 2 is 1.73 bits per heavy atom. The Hall–Kier alpha value is -3.27. The van der Waals surface area contributed by atoms with Gasteiger partial charge in [0.15, 0.2) is 0 Å². The summed E-state index contributed by atoms with van der Waals surface area (Å²) in [5.74, 6) is 0. The van der Waals surface area contributed by atoms with Crippen LogP contribution >= 0.6 is 0 Å². The van der Waals surface area contributed by atoms with Gasteiger partial charge in [0.2, 0.25) is 0 Å². The van der Waals surface area contributed by atoms with Crippen LogP contribution in [0.15, 0.2) is 52.2 Å². The third-order valence-corrected chi connectivity index (χ3v) is 5.37. The van der Waals surface area contributed by atoms with Crippen molar-refractivity contribution in [1.29, 1.82) is 0 Å². The van der Waals surface area contributed by atoms with Crippen molar-refractivity contribution in [2.75, 3.05) is 22.8 Å². The van der Waals surface area contributed by atoms with Gasteiger partial charge < -0.3 is 14.7 Å². The Morgan fingerprint density at radius 3 is 2.42 bits per heavy atom. The number of carbonyl (C=O) groups is 1. The SMILES string of the molecule is O=C1OCCN1c1ccc(NS(=O)(=O)c2ccc3[nH]c(=O)[nH]c3c2)cc1. The van der Waals surface area contributed by atoms with Crippen molar-refractivity contribution in [2.24, 2.45) is 0 Å². The molecule has 26 heavy (non-hydrogen) atoms. The molecule has 134 valence electrons. The molecule has 4 rings (SSSR count). The normalized spacial score (nSPS) is 14.6. The molecule has 0 atom stereocenters. The number of nitrogens with zero attached hydrogens (tertiary/aromatic N) is 1. The fourth-order valence-electron chi connectivity index (χ4n) is 2.73. The Kier molecular flexibility index (Phi) is 3.69. The lowest BCUT2D eigenvalue weighted by atomic mass is 10.2. The highest BCUT2D eigenvalue weighted by atomic mass is 32.2. The van der Waals surface area contributed by atoms with Crippen LogP contribution in [0, 0.1) is 0 Å². The number of carbonyl (C=O) groups excluding carboxylic acids is 1. The van der Waals surface area contributed by atoms with Gasteiger partial charge in [0.25, 0.3) is 10.0 Å². The van der Waals surface area contributed by atoms with Gasteiger partial charge in [-0.05, 0) is 42.5 Å². The second-order valence-electron chi connectivity index (χ2n) is 5.70. The Bertz CT molecular complexity index is 1150. The quantitative estimate of drug-likeness (QED) is 0.640. The summed E-state index contributed by atoms with van der Waals surface area (Å²) in [6.45, 7) is 0.787. The van der Waals surface area contributed by atoms with Crippen LogP contribution in [-0.4, -0.2) is 37.6 Å². The molecule has 2 aromatic carbocycles. The first-order valence-corrected chi connectivity index (χ1v) is 9.20. The summed E-state index contributed by atoms with van der Waals surface area (Å²) in [5, 5.41) is 0. The number of aromatic amines is 2. The average Bonchev–Trinajstić information content (AvgIpc) is 3.19. The molecule has 1 aromatic heterocycles. The van der Waals surface area contributed by atoms with E-state index in [0.717, 1.165) is 0 Å². The average molecular weight is 374 g/mol. The minimum absolute atomic E-state index is 0.0208. The van der Waals surface area contributed by atoms with Crippen LogP contribution in [0.25, 0.3) is 11.0 Å². The summed E-state index contributed by atoms with van der Waals surface area (Å²) in [6, 6.07) is 10.7. The maximum Gasteiger partial charge on any atom is 0.414 e. The summed E-state index contributed by atoms with van der Waals surface area (Å²) >= 11 is 0. The number of aromatic nitrogens is 2. The summed E-state index contributed by atoms with van der Waals surface area (Å²) in [4.78, 5) is 29.4. The molecule has 0 spiro atoms. The molecule has 0 aliphatic carbocycles. The molecular formula is C16H14N4O5S. The van der Waals surface area contributed by atoms with Crippen molar-refractivity contribution >= 4 is 38.5 Å². The number of imidazole rings is 1. The zero-order valence-electron chi connectivity index (χ0n) is 13.4. The molecule has 1 aliphatic heterocycles. The van der Waals surface area contributed by atoms with Gasteiger partial charge in [-0.15, -0.1) is 0 Å². The van der Waals surface area contributed by atoms with Crippen molar-refractivity contribution in [1.82, 2.24) is 9.97 Å². The Balaban J connectivity index is 1.58. The van der Waals surface area contributed by atoms with Crippen LogP contribution in [0.1, 0.15) is 0 Å². The zero-order chi connectivity index (χ0) is 18.3. The summed E-state index contributed by atoms with van der Waals surface area (Å²) < 4.78 is 32.4. The van der Waals surface area contributed by atoms with Crippen LogP contribution in [0.2, 0.25) is 0 Å². The fourth-order valence-corrected chi connectivity index (χ4v) is 3.81. The van der Waals surface area contributed by atoms with Crippen LogP contribution in [0.3, 0.4) is 0 Å². The number of ether oxygens (including phenoxy) is 1. The monoisotopic (exact) mass is 374 g/mol. The highest BCUT2D eigenvalue weighted by Gasteiger charge is 2.23. The van der Waals surface area contributed by atoms with Crippen molar-refractivity contribution < 1.29 is 17.9 Å². The molecule has 0 bridgehead atoms. The van der Waals surface area contributed by atoms with Gasteiger partial charge in [-0.2, -0.15) is 0 Å². The number of cyclic esters (lactones) is 1. The van der Waals surface area contributed by atoms with Crippen molar-refractivity contribution in [3.05, 3.63) is 52.9 Å². The van der Waals surface area contributed by atoms with E-state index < -0.39 is 21.8 Å². The number of hydrogen-bond donors (Lipinski definition) is 3.